The first-order chi connectivity index (χ1) is 12.0. The molecule has 0 saturated heterocycles. The average Bonchev–Trinajstić information content (AvgIpc) is 2.95. The zero-order valence-electron chi connectivity index (χ0n) is 13.1. The molecule has 126 valence electrons. The van der Waals surface area contributed by atoms with Gasteiger partial charge < -0.3 is 20.4 Å². The predicted octanol–water partition coefficient (Wildman–Crippen LogP) is 2.59. The van der Waals surface area contributed by atoms with Gasteiger partial charge in [0.05, 0.1) is 22.5 Å². The zero-order chi connectivity index (χ0) is 17.6. The lowest BCUT2D eigenvalue weighted by atomic mass is 10.1. The van der Waals surface area contributed by atoms with Gasteiger partial charge in [0.2, 0.25) is 0 Å². The van der Waals surface area contributed by atoms with Crippen LogP contribution in [0.1, 0.15) is 16.2 Å². The number of hydrogen-bond donors (Lipinski definition) is 3. The molecular formula is C17H13FN4O3. The molecule has 3 N–H and O–H groups in total. The molecule has 3 aromatic rings. The number of aromatic nitrogens is 2. The molecule has 0 spiro atoms. The summed E-state index contributed by atoms with van der Waals surface area (Å²) in [6.07, 6.45) is 0. The summed E-state index contributed by atoms with van der Waals surface area (Å²) in [7, 11) is 0. The van der Waals surface area contributed by atoms with Gasteiger partial charge in [-0.25, -0.2) is 9.37 Å². The van der Waals surface area contributed by atoms with Crippen molar-refractivity contribution >= 4 is 34.2 Å². The van der Waals surface area contributed by atoms with Crippen LogP contribution in [0.25, 0.3) is 11.0 Å². The molecule has 1 aliphatic rings. The van der Waals surface area contributed by atoms with Gasteiger partial charge in [0.15, 0.2) is 6.61 Å². The molecule has 1 aromatic heterocycles. The smallest absolute Gasteiger partial charge is 0.262 e. The van der Waals surface area contributed by atoms with E-state index < -0.39 is 11.7 Å². The Morgan fingerprint density at radius 3 is 3.04 bits per heavy atom. The minimum absolute atomic E-state index is 0.0378. The summed E-state index contributed by atoms with van der Waals surface area (Å²) in [5.41, 5.74) is 1.76. The van der Waals surface area contributed by atoms with Crippen molar-refractivity contribution in [2.45, 2.75) is 6.92 Å². The molecular weight excluding hydrogens is 327 g/mol. The number of amides is 2. The van der Waals surface area contributed by atoms with Crippen LogP contribution in [0.5, 0.6) is 5.75 Å². The molecule has 0 fully saturated rings. The number of H-pyrrole nitrogens is 1. The van der Waals surface area contributed by atoms with Crippen LogP contribution in [0, 0.1) is 12.7 Å². The van der Waals surface area contributed by atoms with Gasteiger partial charge in [-0.15, -0.1) is 0 Å². The maximum absolute atomic E-state index is 14.3. The van der Waals surface area contributed by atoms with Crippen LogP contribution in [0.2, 0.25) is 0 Å². The van der Waals surface area contributed by atoms with E-state index in [9.17, 15) is 14.0 Å². The first-order valence-corrected chi connectivity index (χ1v) is 7.54. The number of imidazole rings is 1. The highest BCUT2D eigenvalue weighted by Gasteiger charge is 2.21. The molecule has 25 heavy (non-hydrogen) atoms. The molecule has 2 heterocycles. The highest BCUT2D eigenvalue weighted by Crippen LogP contribution is 2.33. The van der Waals surface area contributed by atoms with E-state index in [0.717, 1.165) is 11.6 Å². The number of carbonyl (C=O) groups excluding carboxylic acids is 2. The van der Waals surface area contributed by atoms with Gasteiger partial charge in [-0.05, 0) is 19.1 Å². The second-order valence-electron chi connectivity index (χ2n) is 5.64. The molecule has 0 atom stereocenters. The second kappa shape index (κ2) is 5.59. The average molecular weight is 340 g/mol. The standard InChI is InChI=1S/C17H13FN4O3/c1-8-19-11-4-2-3-9(16(11)20-8)17(24)22-12-6-14-13(5-10(12)18)21-15(23)7-25-14/h2-6H,7H2,1H3,(H,19,20)(H,21,23)(H,22,24). The summed E-state index contributed by atoms with van der Waals surface area (Å²) in [5.74, 6) is -0.548. The number of anilines is 2. The van der Waals surface area contributed by atoms with Gasteiger partial charge in [-0.1, -0.05) is 6.07 Å². The van der Waals surface area contributed by atoms with Gasteiger partial charge in [-0.3, -0.25) is 9.59 Å². The van der Waals surface area contributed by atoms with E-state index in [0.29, 0.717) is 22.7 Å². The second-order valence-corrected chi connectivity index (χ2v) is 5.64. The van der Waals surface area contributed by atoms with Crippen molar-refractivity contribution in [3.63, 3.8) is 0 Å². The van der Waals surface area contributed by atoms with Crippen LogP contribution in [0.3, 0.4) is 0 Å². The molecule has 0 unspecified atom stereocenters. The number of fused-ring (bicyclic) bond motifs is 2. The highest BCUT2D eigenvalue weighted by molar-refractivity contribution is 6.11. The Bertz CT molecular complexity index is 1030. The number of ether oxygens (including phenoxy) is 1. The summed E-state index contributed by atoms with van der Waals surface area (Å²) in [6.45, 7) is 1.63. The topological polar surface area (TPSA) is 96.1 Å². The molecule has 0 aliphatic carbocycles. The third-order valence-corrected chi connectivity index (χ3v) is 3.83. The Morgan fingerprint density at radius 1 is 1.36 bits per heavy atom. The normalized spacial score (nSPS) is 13.1. The van der Waals surface area contributed by atoms with E-state index in [4.69, 9.17) is 4.74 Å². The number of benzene rings is 2. The molecule has 4 rings (SSSR count). The van der Waals surface area contributed by atoms with Crippen molar-refractivity contribution in [2.75, 3.05) is 17.2 Å². The third-order valence-electron chi connectivity index (χ3n) is 3.83. The monoisotopic (exact) mass is 340 g/mol. The Kier molecular flexibility index (Phi) is 3.38. The first-order valence-electron chi connectivity index (χ1n) is 7.54. The molecule has 7 nitrogen and oxygen atoms in total. The minimum Gasteiger partial charge on any atom is -0.481 e. The number of rotatable bonds is 2. The number of aryl methyl sites for hydroxylation is 1. The highest BCUT2D eigenvalue weighted by atomic mass is 19.1. The van der Waals surface area contributed by atoms with Gasteiger partial charge in [0.25, 0.3) is 11.8 Å². The van der Waals surface area contributed by atoms with Crippen LogP contribution in [-0.4, -0.2) is 28.4 Å². The fraction of sp³-hybridized carbons (Fsp3) is 0.118. The van der Waals surface area contributed by atoms with Gasteiger partial charge in [-0.2, -0.15) is 0 Å². The zero-order valence-corrected chi connectivity index (χ0v) is 13.1. The lowest BCUT2D eigenvalue weighted by Crippen LogP contribution is -2.25. The van der Waals surface area contributed by atoms with Crippen molar-refractivity contribution in [2.24, 2.45) is 0 Å². The van der Waals surface area contributed by atoms with E-state index in [1.807, 2.05) is 6.07 Å². The van der Waals surface area contributed by atoms with E-state index in [-0.39, 0.29) is 23.9 Å². The number of carbonyl (C=O) groups is 2. The third kappa shape index (κ3) is 2.67. The SMILES string of the molecule is Cc1nc2c(C(=O)Nc3cc4c(cc3F)NC(=O)CO4)cccc2[nH]1. The van der Waals surface area contributed by atoms with E-state index in [1.54, 1.807) is 19.1 Å². The van der Waals surface area contributed by atoms with Crippen molar-refractivity contribution in [1.29, 1.82) is 0 Å². The maximum atomic E-state index is 14.3. The predicted molar refractivity (Wildman–Crippen MR) is 89.3 cm³/mol. The molecule has 8 heteroatoms. The summed E-state index contributed by atoms with van der Waals surface area (Å²) in [6, 6.07) is 7.60. The van der Waals surface area contributed by atoms with Crippen molar-refractivity contribution < 1.29 is 18.7 Å². The number of nitrogens with one attached hydrogen (secondary N) is 3. The Balaban J connectivity index is 1.68. The van der Waals surface area contributed by atoms with Crippen LogP contribution >= 0.6 is 0 Å². The number of para-hydroxylation sites is 1. The maximum Gasteiger partial charge on any atom is 0.262 e. The largest absolute Gasteiger partial charge is 0.481 e. The summed E-state index contributed by atoms with van der Waals surface area (Å²) >= 11 is 0. The number of nitrogens with zero attached hydrogens (tertiary/aromatic N) is 1. The molecule has 0 bridgehead atoms. The van der Waals surface area contributed by atoms with E-state index >= 15 is 0 Å². The van der Waals surface area contributed by atoms with Gasteiger partial charge in [0, 0.05) is 12.1 Å². The first kappa shape index (κ1) is 15.1. The summed E-state index contributed by atoms with van der Waals surface area (Å²) in [5, 5.41) is 5.04. The van der Waals surface area contributed by atoms with Crippen LogP contribution < -0.4 is 15.4 Å². The van der Waals surface area contributed by atoms with E-state index in [2.05, 4.69) is 20.6 Å². The Labute approximate surface area is 141 Å². The number of halogens is 1. The fourth-order valence-electron chi connectivity index (χ4n) is 2.72. The molecule has 2 aromatic carbocycles. The Hall–Kier alpha value is -3.42. The van der Waals surface area contributed by atoms with Crippen molar-refractivity contribution in [3.05, 3.63) is 47.5 Å². The van der Waals surface area contributed by atoms with Crippen molar-refractivity contribution in [3.8, 4) is 5.75 Å². The fourth-order valence-corrected chi connectivity index (χ4v) is 2.72. The summed E-state index contributed by atoms with van der Waals surface area (Å²) in [4.78, 5) is 31.2. The molecule has 0 radical (unpaired) electrons. The van der Waals surface area contributed by atoms with Gasteiger partial charge >= 0.3 is 0 Å². The lowest BCUT2D eigenvalue weighted by Gasteiger charge is -2.19. The lowest BCUT2D eigenvalue weighted by molar-refractivity contribution is -0.118. The molecule has 2 amide bonds. The van der Waals surface area contributed by atoms with Gasteiger partial charge in [0.1, 0.15) is 22.9 Å². The van der Waals surface area contributed by atoms with Crippen LogP contribution in [-0.2, 0) is 4.79 Å². The Morgan fingerprint density at radius 2 is 2.20 bits per heavy atom. The van der Waals surface area contributed by atoms with E-state index in [1.165, 1.54) is 6.07 Å². The van der Waals surface area contributed by atoms with Crippen LogP contribution in [0.4, 0.5) is 15.8 Å². The quantitative estimate of drug-likeness (QED) is 0.668. The van der Waals surface area contributed by atoms with Crippen molar-refractivity contribution in [1.82, 2.24) is 9.97 Å². The van der Waals surface area contributed by atoms with Crippen LogP contribution in [0.15, 0.2) is 30.3 Å². The molecule has 0 saturated carbocycles. The number of aromatic amines is 1. The number of hydrogen-bond acceptors (Lipinski definition) is 4. The summed E-state index contributed by atoms with van der Waals surface area (Å²) < 4.78 is 19.5. The minimum atomic E-state index is -0.678. The molecule has 1 aliphatic heterocycles.